The second kappa shape index (κ2) is 7.96. The summed E-state index contributed by atoms with van der Waals surface area (Å²) >= 11 is 0. The minimum atomic E-state index is 0.901. The molecule has 0 saturated carbocycles. The number of fused-ring (bicyclic) bond motifs is 4. The van der Waals surface area contributed by atoms with Crippen LogP contribution in [-0.2, 0) is 0 Å². The molecule has 0 radical (unpaired) electrons. The lowest BCUT2D eigenvalue weighted by atomic mass is 9.98. The Morgan fingerprint density at radius 1 is 0.429 bits per heavy atom. The van der Waals surface area contributed by atoms with Gasteiger partial charge in [-0.1, -0.05) is 78.9 Å². The fraction of sp³-hybridized carbons (Fsp3) is 0. The van der Waals surface area contributed by atoms with Gasteiger partial charge in [-0.25, -0.2) is 0 Å². The largest absolute Gasteiger partial charge is 0.456 e. The van der Waals surface area contributed by atoms with Crippen LogP contribution >= 0.6 is 0 Å². The summed E-state index contributed by atoms with van der Waals surface area (Å²) < 4.78 is 5.97. The van der Waals surface area contributed by atoms with E-state index in [9.17, 15) is 0 Å². The van der Waals surface area contributed by atoms with Crippen LogP contribution in [0.1, 0.15) is 0 Å². The molecule has 0 saturated heterocycles. The van der Waals surface area contributed by atoms with E-state index in [-0.39, 0.29) is 0 Å². The second-order valence-electron chi connectivity index (χ2n) is 8.88. The van der Waals surface area contributed by atoms with Gasteiger partial charge in [-0.3, -0.25) is 4.98 Å². The molecule has 0 bridgehead atoms. The van der Waals surface area contributed by atoms with Crippen molar-refractivity contribution in [2.75, 3.05) is 0 Å². The predicted octanol–water partition coefficient (Wildman–Crippen LogP) is 9.14. The molecule has 2 heterocycles. The molecule has 2 nitrogen and oxygen atoms in total. The summed E-state index contributed by atoms with van der Waals surface area (Å²) in [5, 5.41) is 4.71. The van der Waals surface area contributed by atoms with Gasteiger partial charge in [-0.05, 0) is 69.9 Å². The van der Waals surface area contributed by atoms with Gasteiger partial charge in [0, 0.05) is 28.1 Å². The lowest BCUT2D eigenvalue weighted by Crippen LogP contribution is -1.86. The van der Waals surface area contributed by atoms with Crippen LogP contribution in [0.2, 0.25) is 0 Å². The smallest absolute Gasteiger partial charge is 0.135 e. The van der Waals surface area contributed by atoms with E-state index in [0.717, 1.165) is 44.3 Å². The van der Waals surface area contributed by atoms with E-state index >= 15 is 0 Å². The van der Waals surface area contributed by atoms with Gasteiger partial charge in [0.1, 0.15) is 11.2 Å². The van der Waals surface area contributed by atoms with Crippen LogP contribution in [-0.4, -0.2) is 4.98 Å². The Morgan fingerprint density at radius 3 is 1.91 bits per heavy atom. The fourth-order valence-electron chi connectivity index (χ4n) is 4.86. The van der Waals surface area contributed by atoms with Crippen molar-refractivity contribution >= 4 is 32.7 Å². The molecular formula is C33H21NO. The summed E-state index contributed by atoms with van der Waals surface area (Å²) in [6.07, 6.45) is 1.97. The highest BCUT2D eigenvalue weighted by atomic mass is 16.3. The zero-order valence-electron chi connectivity index (χ0n) is 19.0. The van der Waals surface area contributed by atoms with Gasteiger partial charge in [-0.15, -0.1) is 0 Å². The number of para-hydroxylation sites is 1. The van der Waals surface area contributed by atoms with Crippen molar-refractivity contribution in [1.82, 2.24) is 4.98 Å². The normalized spacial score (nSPS) is 11.4. The summed E-state index contributed by atoms with van der Waals surface area (Å²) in [5.74, 6) is 0. The number of benzene rings is 5. The quantitative estimate of drug-likeness (QED) is 0.270. The monoisotopic (exact) mass is 447 g/mol. The van der Waals surface area contributed by atoms with Crippen molar-refractivity contribution in [3.8, 4) is 33.5 Å². The standard InChI is InChI=1S/C33H21NO/c1-2-6-22(7-3-1)24-12-10-23-11-13-25(19-28(23)18-24)27-14-16-31(34-21-27)26-15-17-33-30(20-26)29-8-4-5-9-32(29)35-33/h1-21H. The number of hydrogen-bond donors (Lipinski definition) is 0. The van der Waals surface area contributed by atoms with E-state index in [1.807, 2.05) is 30.5 Å². The molecule has 164 valence electrons. The maximum atomic E-state index is 5.97. The molecule has 0 atom stereocenters. The Balaban J connectivity index is 1.24. The fourth-order valence-corrected chi connectivity index (χ4v) is 4.86. The second-order valence-corrected chi connectivity index (χ2v) is 8.88. The number of hydrogen-bond acceptors (Lipinski definition) is 2. The first-order chi connectivity index (χ1) is 17.3. The first-order valence-electron chi connectivity index (χ1n) is 11.8. The average Bonchev–Trinajstić information content (AvgIpc) is 3.31. The third kappa shape index (κ3) is 3.48. The van der Waals surface area contributed by atoms with Crippen LogP contribution in [0, 0.1) is 0 Å². The van der Waals surface area contributed by atoms with Crippen LogP contribution in [0.5, 0.6) is 0 Å². The Kier molecular flexibility index (Phi) is 4.49. The molecule has 0 aliphatic heterocycles. The Bertz CT molecular complexity index is 1830. The highest BCUT2D eigenvalue weighted by Crippen LogP contribution is 2.33. The number of rotatable bonds is 3. The summed E-state index contributed by atoms with van der Waals surface area (Å²) in [6, 6.07) is 42.5. The zero-order valence-corrected chi connectivity index (χ0v) is 19.0. The molecule has 0 amide bonds. The summed E-state index contributed by atoms with van der Waals surface area (Å²) in [6.45, 7) is 0. The summed E-state index contributed by atoms with van der Waals surface area (Å²) in [4.78, 5) is 4.81. The molecular weight excluding hydrogens is 426 g/mol. The Labute approximate surface area is 203 Å². The topological polar surface area (TPSA) is 26.0 Å². The van der Waals surface area contributed by atoms with Gasteiger partial charge in [0.05, 0.1) is 5.69 Å². The summed E-state index contributed by atoms with van der Waals surface area (Å²) in [7, 11) is 0. The minimum absolute atomic E-state index is 0.901. The van der Waals surface area contributed by atoms with E-state index < -0.39 is 0 Å². The lowest BCUT2D eigenvalue weighted by Gasteiger charge is -2.08. The first-order valence-corrected chi connectivity index (χ1v) is 11.8. The molecule has 7 rings (SSSR count). The van der Waals surface area contributed by atoms with Crippen LogP contribution < -0.4 is 0 Å². The molecule has 35 heavy (non-hydrogen) atoms. The third-order valence-corrected chi connectivity index (χ3v) is 6.72. The number of furan rings is 1. The van der Waals surface area contributed by atoms with E-state index in [0.29, 0.717) is 0 Å². The van der Waals surface area contributed by atoms with E-state index in [1.165, 1.54) is 21.9 Å². The van der Waals surface area contributed by atoms with E-state index in [4.69, 9.17) is 9.40 Å². The Hall–Kier alpha value is -4.69. The maximum absolute atomic E-state index is 5.97. The van der Waals surface area contributed by atoms with Crippen LogP contribution in [0.4, 0.5) is 0 Å². The SMILES string of the molecule is c1ccc(-c2ccc3ccc(-c4ccc(-c5ccc6oc7ccccc7c6c5)nc4)cc3c2)cc1. The zero-order chi connectivity index (χ0) is 23.2. The Morgan fingerprint density at radius 2 is 1.11 bits per heavy atom. The van der Waals surface area contributed by atoms with Crippen molar-refractivity contribution in [3.63, 3.8) is 0 Å². The van der Waals surface area contributed by atoms with Gasteiger partial charge in [0.2, 0.25) is 0 Å². The van der Waals surface area contributed by atoms with Crippen molar-refractivity contribution in [3.05, 3.63) is 128 Å². The maximum Gasteiger partial charge on any atom is 0.135 e. The highest BCUT2D eigenvalue weighted by Gasteiger charge is 2.09. The molecule has 0 N–H and O–H groups in total. The molecule has 0 spiro atoms. The highest BCUT2D eigenvalue weighted by molar-refractivity contribution is 6.06. The van der Waals surface area contributed by atoms with E-state index in [2.05, 4.69) is 97.1 Å². The van der Waals surface area contributed by atoms with Gasteiger partial charge in [0.25, 0.3) is 0 Å². The molecule has 2 aromatic heterocycles. The average molecular weight is 448 g/mol. The molecule has 0 fully saturated rings. The van der Waals surface area contributed by atoms with Crippen molar-refractivity contribution in [2.45, 2.75) is 0 Å². The molecule has 7 aromatic rings. The van der Waals surface area contributed by atoms with Gasteiger partial charge in [0.15, 0.2) is 0 Å². The van der Waals surface area contributed by atoms with Gasteiger partial charge < -0.3 is 4.42 Å². The van der Waals surface area contributed by atoms with Gasteiger partial charge in [-0.2, -0.15) is 0 Å². The number of nitrogens with zero attached hydrogens (tertiary/aromatic N) is 1. The molecule has 0 unspecified atom stereocenters. The third-order valence-electron chi connectivity index (χ3n) is 6.72. The number of pyridine rings is 1. The number of aromatic nitrogens is 1. The minimum Gasteiger partial charge on any atom is -0.456 e. The van der Waals surface area contributed by atoms with Crippen LogP contribution in [0.25, 0.3) is 66.2 Å². The summed E-state index contributed by atoms with van der Waals surface area (Å²) in [5.41, 5.74) is 8.58. The van der Waals surface area contributed by atoms with Crippen molar-refractivity contribution in [1.29, 1.82) is 0 Å². The molecule has 2 heteroatoms. The first kappa shape index (κ1) is 19.7. The van der Waals surface area contributed by atoms with Crippen LogP contribution in [0.15, 0.2) is 132 Å². The lowest BCUT2D eigenvalue weighted by molar-refractivity contribution is 0.669. The van der Waals surface area contributed by atoms with Crippen LogP contribution in [0.3, 0.4) is 0 Å². The molecule has 0 aliphatic carbocycles. The predicted molar refractivity (Wildman–Crippen MR) is 145 cm³/mol. The van der Waals surface area contributed by atoms with Gasteiger partial charge >= 0.3 is 0 Å². The molecule has 5 aromatic carbocycles. The van der Waals surface area contributed by atoms with Crippen molar-refractivity contribution < 1.29 is 4.42 Å². The molecule has 0 aliphatic rings. The van der Waals surface area contributed by atoms with E-state index in [1.54, 1.807) is 0 Å². The van der Waals surface area contributed by atoms with Crippen molar-refractivity contribution in [2.24, 2.45) is 0 Å².